The van der Waals surface area contributed by atoms with E-state index >= 15 is 0 Å². The highest BCUT2D eigenvalue weighted by atomic mass is 16.2. The van der Waals surface area contributed by atoms with Gasteiger partial charge in [-0.05, 0) is 36.6 Å². The molecule has 0 spiro atoms. The first-order chi connectivity index (χ1) is 9.66. The lowest BCUT2D eigenvalue weighted by Gasteiger charge is -2.20. The Hall–Kier alpha value is -2.10. The number of aromatic nitrogens is 2. The smallest absolute Gasteiger partial charge is 0.243 e. The summed E-state index contributed by atoms with van der Waals surface area (Å²) in [5.74, 6) is 0.503. The molecule has 2 rings (SSSR count). The molecule has 0 aliphatic heterocycles. The van der Waals surface area contributed by atoms with Crippen molar-refractivity contribution in [1.82, 2.24) is 14.9 Å². The zero-order chi connectivity index (χ0) is 14.4. The summed E-state index contributed by atoms with van der Waals surface area (Å²) in [5.41, 5.74) is 0.872. The van der Waals surface area contributed by atoms with E-state index in [0.29, 0.717) is 12.5 Å². The topological polar surface area (TPSA) is 46.9 Å². The number of pyridine rings is 1. The first kappa shape index (κ1) is 14.3. The maximum absolute atomic E-state index is 12.4. The fourth-order valence-corrected chi connectivity index (χ4v) is 2.16. The molecule has 2 aromatic rings. The lowest BCUT2D eigenvalue weighted by molar-refractivity contribution is -0.125. The molecule has 0 saturated carbocycles. The highest BCUT2D eigenvalue weighted by Gasteiger charge is 2.20. The van der Waals surface area contributed by atoms with Gasteiger partial charge in [0.25, 0.3) is 0 Å². The SMILES string of the molecule is CC(C)CC(C(=O)NCc1ccccn1)n1cccc1. The average Bonchev–Trinajstić information content (AvgIpc) is 2.97. The van der Waals surface area contributed by atoms with Crippen molar-refractivity contribution in [2.45, 2.75) is 32.9 Å². The van der Waals surface area contributed by atoms with Crippen LogP contribution in [0.3, 0.4) is 0 Å². The van der Waals surface area contributed by atoms with Gasteiger partial charge in [0.2, 0.25) is 5.91 Å². The molecule has 0 saturated heterocycles. The minimum atomic E-state index is -0.159. The first-order valence-electron chi connectivity index (χ1n) is 6.97. The highest BCUT2D eigenvalue weighted by Crippen LogP contribution is 2.18. The molecule has 0 aliphatic carbocycles. The minimum absolute atomic E-state index is 0.0422. The molecule has 106 valence electrons. The van der Waals surface area contributed by atoms with Crippen molar-refractivity contribution in [2.75, 3.05) is 0 Å². The molecule has 4 heteroatoms. The minimum Gasteiger partial charge on any atom is -0.349 e. The van der Waals surface area contributed by atoms with Crippen LogP contribution in [0, 0.1) is 5.92 Å². The van der Waals surface area contributed by atoms with Crippen LogP contribution in [-0.4, -0.2) is 15.5 Å². The highest BCUT2D eigenvalue weighted by molar-refractivity contribution is 5.80. The third kappa shape index (κ3) is 3.95. The summed E-state index contributed by atoms with van der Waals surface area (Å²) in [6.45, 7) is 4.72. The van der Waals surface area contributed by atoms with Crippen molar-refractivity contribution in [2.24, 2.45) is 5.92 Å². The third-order valence-corrected chi connectivity index (χ3v) is 3.15. The summed E-state index contributed by atoms with van der Waals surface area (Å²) in [5, 5.41) is 2.97. The maximum Gasteiger partial charge on any atom is 0.243 e. The van der Waals surface area contributed by atoms with Gasteiger partial charge in [-0.25, -0.2) is 0 Å². The summed E-state index contributed by atoms with van der Waals surface area (Å²) >= 11 is 0. The Kier molecular flexibility index (Phi) is 4.93. The van der Waals surface area contributed by atoms with Crippen LogP contribution in [0.1, 0.15) is 32.0 Å². The quantitative estimate of drug-likeness (QED) is 0.878. The monoisotopic (exact) mass is 271 g/mol. The van der Waals surface area contributed by atoms with Crippen LogP contribution >= 0.6 is 0 Å². The lowest BCUT2D eigenvalue weighted by Crippen LogP contribution is -2.32. The second-order valence-electron chi connectivity index (χ2n) is 5.31. The van der Waals surface area contributed by atoms with Crippen LogP contribution in [0.2, 0.25) is 0 Å². The average molecular weight is 271 g/mol. The number of hydrogen-bond donors (Lipinski definition) is 1. The summed E-state index contributed by atoms with van der Waals surface area (Å²) in [4.78, 5) is 16.6. The van der Waals surface area contributed by atoms with Crippen LogP contribution in [0.15, 0.2) is 48.9 Å². The third-order valence-electron chi connectivity index (χ3n) is 3.15. The molecule has 1 N–H and O–H groups in total. The second kappa shape index (κ2) is 6.89. The van der Waals surface area contributed by atoms with Crippen molar-refractivity contribution in [1.29, 1.82) is 0 Å². The van der Waals surface area contributed by atoms with Gasteiger partial charge in [-0.15, -0.1) is 0 Å². The van der Waals surface area contributed by atoms with Crippen LogP contribution in [-0.2, 0) is 11.3 Å². The molecule has 20 heavy (non-hydrogen) atoms. The van der Waals surface area contributed by atoms with Gasteiger partial charge in [0.1, 0.15) is 6.04 Å². The molecule has 0 aromatic carbocycles. The predicted octanol–water partition coefficient (Wildman–Crippen LogP) is 2.79. The van der Waals surface area contributed by atoms with Crippen molar-refractivity contribution in [3.63, 3.8) is 0 Å². The second-order valence-corrected chi connectivity index (χ2v) is 5.31. The summed E-state index contributed by atoms with van der Waals surface area (Å²) < 4.78 is 1.97. The van der Waals surface area contributed by atoms with Crippen molar-refractivity contribution >= 4 is 5.91 Å². The zero-order valence-corrected chi connectivity index (χ0v) is 12.0. The van der Waals surface area contributed by atoms with Crippen molar-refractivity contribution in [3.05, 3.63) is 54.6 Å². The molecule has 4 nitrogen and oxygen atoms in total. The van der Waals surface area contributed by atoms with Gasteiger partial charge < -0.3 is 9.88 Å². The molecule has 1 amide bonds. The molecule has 2 aromatic heterocycles. The standard InChI is InChI=1S/C16H21N3O/c1-13(2)11-15(19-9-5-6-10-19)16(20)18-12-14-7-3-4-8-17-14/h3-10,13,15H,11-12H2,1-2H3,(H,18,20). The van der Waals surface area contributed by atoms with Crippen molar-refractivity contribution in [3.8, 4) is 0 Å². The molecule has 0 radical (unpaired) electrons. The molecular formula is C16H21N3O. The van der Waals surface area contributed by atoms with Gasteiger partial charge in [-0.3, -0.25) is 9.78 Å². The first-order valence-corrected chi connectivity index (χ1v) is 6.97. The van der Waals surface area contributed by atoms with Gasteiger partial charge >= 0.3 is 0 Å². The van der Waals surface area contributed by atoms with E-state index in [1.165, 1.54) is 0 Å². The normalized spacial score (nSPS) is 12.3. The van der Waals surface area contributed by atoms with E-state index in [1.54, 1.807) is 6.20 Å². The number of rotatable bonds is 6. The number of nitrogens with zero attached hydrogens (tertiary/aromatic N) is 2. The van der Waals surface area contributed by atoms with Crippen LogP contribution in [0.5, 0.6) is 0 Å². The molecule has 0 aliphatic rings. The van der Waals surface area contributed by atoms with Gasteiger partial charge in [0.05, 0.1) is 12.2 Å². The number of carbonyl (C=O) groups excluding carboxylic acids is 1. The van der Waals surface area contributed by atoms with E-state index in [-0.39, 0.29) is 11.9 Å². The molecule has 2 heterocycles. The molecule has 1 unspecified atom stereocenters. The number of amides is 1. The molecule has 0 fully saturated rings. The van der Waals surface area contributed by atoms with Crippen LogP contribution in [0.25, 0.3) is 0 Å². The Morgan fingerprint density at radius 1 is 1.25 bits per heavy atom. The van der Waals surface area contributed by atoms with E-state index in [4.69, 9.17) is 0 Å². The van der Waals surface area contributed by atoms with Crippen LogP contribution in [0.4, 0.5) is 0 Å². The Labute approximate surface area is 119 Å². The summed E-state index contributed by atoms with van der Waals surface area (Å²) in [7, 11) is 0. The Bertz CT molecular complexity index is 520. The zero-order valence-electron chi connectivity index (χ0n) is 12.0. The Balaban J connectivity index is 2.00. The molecule has 1 atom stereocenters. The van der Waals surface area contributed by atoms with Gasteiger partial charge in [0, 0.05) is 18.6 Å². The predicted molar refractivity (Wildman–Crippen MR) is 79.0 cm³/mol. The van der Waals surface area contributed by atoms with E-state index in [9.17, 15) is 4.79 Å². The van der Waals surface area contributed by atoms with E-state index in [0.717, 1.165) is 12.1 Å². The fraction of sp³-hybridized carbons (Fsp3) is 0.375. The largest absolute Gasteiger partial charge is 0.349 e. The number of carbonyl (C=O) groups is 1. The molecule has 0 bridgehead atoms. The Morgan fingerprint density at radius 3 is 2.60 bits per heavy atom. The van der Waals surface area contributed by atoms with Crippen LogP contribution < -0.4 is 5.32 Å². The number of nitrogens with one attached hydrogen (secondary N) is 1. The summed E-state index contributed by atoms with van der Waals surface area (Å²) in [6, 6.07) is 9.43. The van der Waals surface area contributed by atoms with E-state index in [1.807, 2.05) is 47.3 Å². The number of hydrogen-bond acceptors (Lipinski definition) is 2. The fourth-order valence-electron chi connectivity index (χ4n) is 2.16. The Morgan fingerprint density at radius 2 is 2.00 bits per heavy atom. The molecular weight excluding hydrogens is 250 g/mol. The lowest BCUT2D eigenvalue weighted by atomic mass is 10.0. The van der Waals surface area contributed by atoms with Gasteiger partial charge in [0.15, 0.2) is 0 Å². The van der Waals surface area contributed by atoms with Gasteiger partial charge in [-0.2, -0.15) is 0 Å². The van der Waals surface area contributed by atoms with Gasteiger partial charge in [-0.1, -0.05) is 19.9 Å². The maximum atomic E-state index is 12.4. The summed E-state index contributed by atoms with van der Waals surface area (Å²) in [6.07, 6.45) is 6.43. The van der Waals surface area contributed by atoms with E-state index < -0.39 is 0 Å². The van der Waals surface area contributed by atoms with E-state index in [2.05, 4.69) is 24.1 Å². The van der Waals surface area contributed by atoms with Crippen molar-refractivity contribution < 1.29 is 4.79 Å².